The van der Waals surface area contributed by atoms with Crippen LogP contribution in [0, 0.1) is 0 Å². The Morgan fingerprint density at radius 1 is 1.41 bits per heavy atom. The minimum absolute atomic E-state index is 0.129. The van der Waals surface area contributed by atoms with E-state index in [9.17, 15) is 5.11 Å². The molecule has 0 bridgehead atoms. The fourth-order valence-electron chi connectivity index (χ4n) is 1.99. The van der Waals surface area contributed by atoms with Crippen molar-refractivity contribution in [3.05, 3.63) is 11.9 Å². The fourth-order valence-corrected chi connectivity index (χ4v) is 1.99. The number of hydrazine groups is 1. The van der Waals surface area contributed by atoms with Crippen molar-refractivity contribution >= 4 is 11.6 Å². The Bertz CT molecular complexity index is 364. The standard InChI is InChI=1S/C11H19N5O/c1-2-8-13-9(6-10(14-8)16-12)15-11(7-17)4-3-5-11/h6,17H,2-5,7,12H2,1H3,(H2,13,14,15,16). The van der Waals surface area contributed by atoms with E-state index in [0.29, 0.717) is 5.82 Å². The van der Waals surface area contributed by atoms with Crippen molar-refractivity contribution in [2.24, 2.45) is 5.84 Å². The Balaban J connectivity index is 2.19. The Morgan fingerprint density at radius 3 is 2.59 bits per heavy atom. The molecule has 2 rings (SSSR count). The van der Waals surface area contributed by atoms with Gasteiger partial charge in [-0.15, -0.1) is 0 Å². The van der Waals surface area contributed by atoms with Gasteiger partial charge in [0, 0.05) is 12.5 Å². The van der Waals surface area contributed by atoms with Crippen molar-refractivity contribution in [2.75, 3.05) is 17.3 Å². The second kappa shape index (κ2) is 4.85. The number of nitrogens with two attached hydrogens (primary N) is 1. The molecule has 6 heteroatoms. The van der Waals surface area contributed by atoms with E-state index in [4.69, 9.17) is 5.84 Å². The quantitative estimate of drug-likeness (QED) is 0.443. The molecule has 0 aromatic carbocycles. The fraction of sp³-hybridized carbons (Fsp3) is 0.636. The molecule has 1 aromatic heterocycles. The highest BCUT2D eigenvalue weighted by Gasteiger charge is 2.36. The van der Waals surface area contributed by atoms with Crippen LogP contribution >= 0.6 is 0 Å². The minimum Gasteiger partial charge on any atom is -0.394 e. The van der Waals surface area contributed by atoms with E-state index in [0.717, 1.165) is 37.3 Å². The van der Waals surface area contributed by atoms with Gasteiger partial charge in [0.05, 0.1) is 12.1 Å². The first-order chi connectivity index (χ1) is 8.21. The lowest BCUT2D eigenvalue weighted by Crippen LogP contribution is -2.48. The van der Waals surface area contributed by atoms with Gasteiger partial charge in [-0.25, -0.2) is 15.8 Å². The highest BCUT2D eigenvalue weighted by molar-refractivity contribution is 5.49. The number of nitrogen functional groups attached to an aromatic ring is 1. The van der Waals surface area contributed by atoms with E-state index < -0.39 is 0 Å². The Hall–Kier alpha value is -1.40. The molecule has 0 aliphatic heterocycles. The van der Waals surface area contributed by atoms with Gasteiger partial charge in [-0.1, -0.05) is 6.92 Å². The van der Waals surface area contributed by atoms with E-state index in [1.807, 2.05) is 6.92 Å². The zero-order chi connectivity index (χ0) is 12.3. The highest BCUT2D eigenvalue weighted by Crippen LogP contribution is 2.34. The SMILES string of the molecule is CCc1nc(NN)cc(NC2(CO)CCC2)n1. The number of aryl methyl sites for hydroxylation is 1. The monoisotopic (exact) mass is 237 g/mol. The van der Waals surface area contributed by atoms with Crippen LogP contribution in [0.5, 0.6) is 0 Å². The lowest BCUT2D eigenvalue weighted by atomic mass is 9.77. The molecule has 1 aliphatic carbocycles. The molecular formula is C11H19N5O. The molecule has 17 heavy (non-hydrogen) atoms. The second-order valence-electron chi connectivity index (χ2n) is 4.47. The van der Waals surface area contributed by atoms with Crippen molar-refractivity contribution in [3.63, 3.8) is 0 Å². The van der Waals surface area contributed by atoms with Crippen molar-refractivity contribution in [2.45, 2.75) is 38.1 Å². The average molecular weight is 237 g/mol. The summed E-state index contributed by atoms with van der Waals surface area (Å²) in [4.78, 5) is 8.61. The first-order valence-corrected chi connectivity index (χ1v) is 5.95. The van der Waals surface area contributed by atoms with Crippen LogP contribution in [0.25, 0.3) is 0 Å². The van der Waals surface area contributed by atoms with E-state index in [2.05, 4.69) is 20.7 Å². The van der Waals surface area contributed by atoms with Gasteiger partial charge in [-0.3, -0.25) is 0 Å². The number of hydrogen-bond donors (Lipinski definition) is 4. The van der Waals surface area contributed by atoms with Crippen LogP contribution in [0.3, 0.4) is 0 Å². The number of rotatable bonds is 5. The molecule has 1 heterocycles. The predicted octanol–water partition coefficient (Wildman–Crippen LogP) is 0.651. The molecule has 0 unspecified atom stereocenters. The number of nitrogens with zero attached hydrogens (tertiary/aromatic N) is 2. The molecule has 5 N–H and O–H groups in total. The third kappa shape index (κ3) is 2.48. The van der Waals surface area contributed by atoms with E-state index in [1.54, 1.807) is 6.07 Å². The average Bonchev–Trinajstić information content (AvgIpc) is 2.33. The first-order valence-electron chi connectivity index (χ1n) is 5.95. The molecule has 0 saturated heterocycles. The maximum atomic E-state index is 9.40. The normalized spacial score (nSPS) is 17.4. The predicted molar refractivity (Wildman–Crippen MR) is 66.5 cm³/mol. The summed E-state index contributed by atoms with van der Waals surface area (Å²) in [7, 11) is 0. The summed E-state index contributed by atoms with van der Waals surface area (Å²) in [5.74, 6) is 7.41. The summed E-state index contributed by atoms with van der Waals surface area (Å²) in [6.45, 7) is 2.12. The lowest BCUT2D eigenvalue weighted by Gasteiger charge is -2.41. The molecule has 94 valence electrons. The molecule has 1 aromatic rings. The van der Waals surface area contributed by atoms with Crippen LogP contribution in [0.15, 0.2) is 6.07 Å². The largest absolute Gasteiger partial charge is 0.394 e. The molecule has 0 amide bonds. The van der Waals surface area contributed by atoms with Gasteiger partial charge >= 0.3 is 0 Å². The van der Waals surface area contributed by atoms with Crippen LogP contribution in [0.2, 0.25) is 0 Å². The second-order valence-corrected chi connectivity index (χ2v) is 4.47. The number of aliphatic hydroxyl groups excluding tert-OH is 1. The number of anilines is 2. The number of hydrogen-bond acceptors (Lipinski definition) is 6. The molecule has 0 spiro atoms. The van der Waals surface area contributed by atoms with Crippen molar-refractivity contribution in [1.29, 1.82) is 0 Å². The van der Waals surface area contributed by atoms with Crippen molar-refractivity contribution in [1.82, 2.24) is 9.97 Å². The Morgan fingerprint density at radius 2 is 2.12 bits per heavy atom. The summed E-state index contributed by atoms with van der Waals surface area (Å²) < 4.78 is 0. The summed E-state index contributed by atoms with van der Waals surface area (Å²) in [5.41, 5.74) is 2.33. The topological polar surface area (TPSA) is 96.1 Å². The van der Waals surface area contributed by atoms with Gasteiger partial charge in [-0.05, 0) is 19.3 Å². The van der Waals surface area contributed by atoms with Crippen LogP contribution in [-0.4, -0.2) is 27.2 Å². The van der Waals surface area contributed by atoms with E-state index >= 15 is 0 Å². The van der Waals surface area contributed by atoms with Gasteiger partial charge in [0.1, 0.15) is 17.5 Å². The van der Waals surface area contributed by atoms with E-state index in [1.165, 1.54) is 0 Å². The third-order valence-electron chi connectivity index (χ3n) is 3.24. The van der Waals surface area contributed by atoms with Gasteiger partial charge < -0.3 is 15.8 Å². The smallest absolute Gasteiger partial charge is 0.145 e. The van der Waals surface area contributed by atoms with Crippen molar-refractivity contribution in [3.8, 4) is 0 Å². The zero-order valence-electron chi connectivity index (χ0n) is 10.0. The van der Waals surface area contributed by atoms with Crippen LogP contribution in [0.1, 0.15) is 32.0 Å². The van der Waals surface area contributed by atoms with Crippen molar-refractivity contribution < 1.29 is 5.11 Å². The van der Waals surface area contributed by atoms with E-state index in [-0.39, 0.29) is 12.1 Å². The highest BCUT2D eigenvalue weighted by atomic mass is 16.3. The summed E-state index contributed by atoms with van der Waals surface area (Å²) in [6.07, 6.45) is 3.83. The molecule has 6 nitrogen and oxygen atoms in total. The molecule has 1 aliphatic rings. The lowest BCUT2D eigenvalue weighted by molar-refractivity contribution is 0.144. The Labute approximate surface area is 101 Å². The number of aromatic nitrogens is 2. The Kier molecular flexibility index (Phi) is 3.44. The summed E-state index contributed by atoms with van der Waals surface area (Å²) in [5, 5.41) is 12.7. The number of aliphatic hydroxyl groups is 1. The zero-order valence-corrected chi connectivity index (χ0v) is 10.0. The third-order valence-corrected chi connectivity index (χ3v) is 3.24. The molecular weight excluding hydrogens is 218 g/mol. The first kappa shape index (κ1) is 12.1. The van der Waals surface area contributed by atoms with Crippen LogP contribution in [0.4, 0.5) is 11.6 Å². The molecule has 0 radical (unpaired) electrons. The molecule has 1 saturated carbocycles. The van der Waals surface area contributed by atoms with Gasteiger partial charge in [-0.2, -0.15) is 0 Å². The molecule has 0 atom stereocenters. The minimum atomic E-state index is -0.203. The van der Waals surface area contributed by atoms with Gasteiger partial charge in [0.15, 0.2) is 0 Å². The van der Waals surface area contributed by atoms with Gasteiger partial charge in [0.25, 0.3) is 0 Å². The summed E-state index contributed by atoms with van der Waals surface area (Å²) in [6, 6.07) is 1.76. The van der Waals surface area contributed by atoms with Gasteiger partial charge in [0.2, 0.25) is 0 Å². The number of nitrogens with one attached hydrogen (secondary N) is 2. The molecule has 1 fully saturated rings. The summed E-state index contributed by atoms with van der Waals surface area (Å²) >= 11 is 0. The van der Waals surface area contributed by atoms with Crippen LogP contribution < -0.4 is 16.6 Å². The maximum absolute atomic E-state index is 9.40. The van der Waals surface area contributed by atoms with Crippen LogP contribution in [-0.2, 0) is 6.42 Å². The maximum Gasteiger partial charge on any atom is 0.145 e.